The Hall–Kier alpha value is -3.64. The summed E-state index contributed by atoms with van der Waals surface area (Å²) in [6, 6.07) is 25.7. The first kappa shape index (κ1) is 19.3. The molecule has 3 aromatic carbocycles. The number of amides is 2. The molecule has 2 fully saturated rings. The van der Waals surface area contributed by atoms with Gasteiger partial charge in [0, 0.05) is 0 Å². The van der Waals surface area contributed by atoms with Crippen molar-refractivity contribution in [3.63, 3.8) is 0 Å². The molecule has 0 spiro atoms. The van der Waals surface area contributed by atoms with E-state index in [2.05, 4.69) is 0 Å². The quantitative estimate of drug-likeness (QED) is 0.588. The summed E-state index contributed by atoms with van der Waals surface area (Å²) >= 11 is 0. The van der Waals surface area contributed by atoms with E-state index in [1.54, 1.807) is 17.2 Å². The molecule has 156 valence electrons. The van der Waals surface area contributed by atoms with Gasteiger partial charge in [0.1, 0.15) is 11.7 Å². The molecule has 2 aliphatic heterocycles. The Morgan fingerprint density at radius 1 is 0.806 bits per heavy atom. The van der Waals surface area contributed by atoms with E-state index in [-0.39, 0.29) is 11.8 Å². The maximum atomic E-state index is 13.5. The number of hydrogen-bond acceptors (Lipinski definition) is 5. The van der Waals surface area contributed by atoms with Crippen LogP contribution in [0.15, 0.2) is 84.9 Å². The van der Waals surface area contributed by atoms with Gasteiger partial charge in [-0.05, 0) is 48.9 Å². The summed E-state index contributed by atoms with van der Waals surface area (Å²) in [4.78, 5) is 34.1. The highest BCUT2D eigenvalue weighted by Gasteiger charge is 2.60. The van der Waals surface area contributed by atoms with Gasteiger partial charge < -0.3 is 4.74 Å². The normalized spacial score (nSPS) is 22.7. The Morgan fingerprint density at radius 3 is 2.03 bits per heavy atom. The third-order valence-corrected chi connectivity index (χ3v) is 5.67. The van der Waals surface area contributed by atoms with Gasteiger partial charge in [-0.15, -0.1) is 0 Å². The van der Waals surface area contributed by atoms with Gasteiger partial charge >= 0.3 is 0 Å². The average molecular weight is 414 g/mol. The van der Waals surface area contributed by atoms with E-state index in [4.69, 9.17) is 9.57 Å². The number of nitrogens with zero attached hydrogens (tertiary/aromatic N) is 2. The average Bonchev–Trinajstić information content (AvgIpc) is 3.32. The van der Waals surface area contributed by atoms with E-state index < -0.39 is 18.1 Å². The van der Waals surface area contributed by atoms with Crippen LogP contribution in [-0.4, -0.2) is 24.5 Å². The number of rotatable bonds is 5. The van der Waals surface area contributed by atoms with Crippen molar-refractivity contribution in [3.05, 3.63) is 90.5 Å². The van der Waals surface area contributed by atoms with Crippen LogP contribution in [-0.2, 0) is 14.4 Å². The molecule has 0 N–H and O–H groups in total. The van der Waals surface area contributed by atoms with Crippen LogP contribution in [0.25, 0.3) is 0 Å². The molecule has 0 aliphatic carbocycles. The summed E-state index contributed by atoms with van der Waals surface area (Å²) < 4.78 is 5.56. The van der Waals surface area contributed by atoms with Crippen LogP contribution in [0.2, 0.25) is 0 Å². The van der Waals surface area contributed by atoms with Crippen LogP contribution in [0.4, 0.5) is 11.4 Å². The van der Waals surface area contributed by atoms with Crippen molar-refractivity contribution in [2.75, 3.05) is 16.6 Å². The molecule has 3 aromatic rings. The van der Waals surface area contributed by atoms with E-state index in [9.17, 15) is 9.59 Å². The number of benzene rings is 3. The fourth-order valence-electron chi connectivity index (χ4n) is 4.31. The lowest BCUT2D eigenvalue weighted by Gasteiger charge is -2.28. The maximum absolute atomic E-state index is 13.5. The van der Waals surface area contributed by atoms with Crippen molar-refractivity contribution in [3.8, 4) is 5.75 Å². The molecular formula is C25H22N2O4. The minimum atomic E-state index is -0.871. The van der Waals surface area contributed by atoms with E-state index in [0.29, 0.717) is 12.3 Å². The number of para-hydroxylation sites is 2. The number of imide groups is 1. The molecule has 2 aliphatic rings. The van der Waals surface area contributed by atoms with Crippen LogP contribution in [0.1, 0.15) is 18.5 Å². The molecular weight excluding hydrogens is 392 g/mol. The van der Waals surface area contributed by atoms with Crippen molar-refractivity contribution in [2.45, 2.75) is 19.1 Å². The molecule has 2 saturated heterocycles. The van der Waals surface area contributed by atoms with Gasteiger partial charge in [-0.3, -0.25) is 14.4 Å². The maximum Gasteiger partial charge on any atom is 0.266 e. The molecule has 0 bridgehead atoms. The van der Waals surface area contributed by atoms with E-state index >= 15 is 0 Å². The SMILES string of the molecule is CCOc1ccc([C@@H]2[C@H]3C(=O)N(c4ccccc4)C(=O)[C@H]3ON2c2ccccc2)cc1. The highest BCUT2D eigenvalue weighted by molar-refractivity contribution is 6.23. The first-order chi connectivity index (χ1) is 15.2. The number of fused-ring (bicyclic) bond motifs is 1. The van der Waals surface area contributed by atoms with Crippen molar-refractivity contribution in [1.82, 2.24) is 0 Å². The Kier molecular flexibility index (Phi) is 4.92. The molecule has 5 rings (SSSR count). The van der Waals surface area contributed by atoms with Gasteiger partial charge in [0.2, 0.25) is 5.91 Å². The highest BCUT2D eigenvalue weighted by atomic mass is 16.7. The van der Waals surface area contributed by atoms with Crippen molar-refractivity contribution < 1.29 is 19.2 Å². The van der Waals surface area contributed by atoms with Gasteiger partial charge in [0.25, 0.3) is 5.91 Å². The highest BCUT2D eigenvalue weighted by Crippen LogP contribution is 2.47. The Bertz CT molecular complexity index is 1090. The second kappa shape index (κ2) is 7.89. The predicted molar refractivity (Wildman–Crippen MR) is 117 cm³/mol. The Balaban J connectivity index is 1.56. The second-order valence-corrected chi connectivity index (χ2v) is 7.51. The van der Waals surface area contributed by atoms with Crippen molar-refractivity contribution in [1.29, 1.82) is 0 Å². The summed E-state index contributed by atoms with van der Waals surface area (Å²) in [7, 11) is 0. The topological polar surface area (TPSA) is 59.1 Å². The standard InChI is InChI=1S/C25H22N2O4/c1-2-30-20-15-13-17(14-16-20)22-21-23(31-27(22)19-11-7-4-8-12-19)25(29)26(24(21)28)18-9-5-3-6-10-18/h3-16,21-23H,2H2,1H3/t21-,22-,23+/m1/s1. The second-order valence-electron chi connectivity index (χ2n) is 7.51. The van der Waals surface area contributed by atoms with Gasteiger partial charge in [0.15, 0.2) is 6.10 Å². The largest absolute Gasteiger partial charge is 0.494 e. The fraction of sp³-hybridized carbons (Fsp3) is 0.200. The molecule has 0 unspecified atom stereocenters. The molecule has 0 saturated carbocycles. The van der Waals surface area contributed by atoms with Crippen LogP contribution in [0.3, 0.4) is 0 Å². The van der Waals surface area contributed by atoms with Crippen LogP contribution in [0.5, 0.6) is 5.75 Å². The number of carbonyl (C=O) groups is 2. The summed E-state index contributed by atoms with van der Waals surface area (Å²) in [6.07, 6.45) is -0.871. The minimum absolute atomic E-state index is 0.251. The monoisotopic (exact) mass is 414 g/mol. The van der Waals surface area contributed by atoms with Crippen molar-refractivity contribution >= 4 is 23.2 Å². The molecule has 3 atom stereocenters. The molecule has 0 aromatic heterocycles. The summed E-state index contributed by atoms with van der Waals surface area (Å²) in [5, 5.41) is 1.70. The van der Waals surface area contributed by atoms with E-state index in [1.807, 2.05) is 79.7 Å². The molecule has 6 heteroatoms. The lowest BCUT2D eigenvalue weighted by atomic mass is 9.90. The smallest absolute Gasteiger partial charge is 0.266 e. The first-order valence-electron chi connectivity index (χ1n) is 10.4. The Morgan fingerprint density at radius 2 is 1.42 bits per heavy atom. The zero-order valence-corrected chi connectivity index (χ0v) is 17.0. The minimum Gasteiger partial charge on any atom is -0.494 e. The molecule has 31 heavy (non-hydrogen) atoms. The zero-order valence-electron chi connectivity index (χ0n) is 17.0. The Labute approximate surface area is 180 Å². The van der Waals surface area contributed by atoms with Crippen LogP contribution < -0.4 is 14.7 Å². The molecule has 6 nitrogen and oxygen atoms in total. The third-order valence-electron chi connectivity index (χ3n) is 5.67. The predicted octanol–water partition coefficient (Wildman–Crippen LogP) is 4.14. The number of hydrogen-bond donors (Lipinski definition) is 0. The van der Waals surface area contributed by atoms with Crippen LogP contribution >= 0.6 is 0 Å². The molecule has 2 amide bonds. The summed E-state index contributed by atoms with van der Waals surface area (Å²) in [6.45, 7) is 2.51. The molecule has 0 radical (unpaired) electrons. The van der Waals surface area contributed by atoms with Crippen LogP contribution in [0, 0.1) is 5.92 Å². The number of ether oxygens (including phenoxy) is 1. The zero-order chi connectivity index (χ0) is 21.4. The number of hydroxylamine groups is 1. The summed E-state index contributed by atoms with van der Waals surface area (Å²) in [5.41, 5.74) is 2.24. The lowest BCUT2D eigenvalue weighted by molar-refractivity contribution is -0.126. The number of carbonyl (C=O) groups excluding carboxylic acids is 2. The van der Waals surface area contributed by atoms with E-state index in [1.165, 1.54) is 4.90 Å². The summed E-state index contributed by atoms with van der Waals surface area (Å²) in [5.74, 6) is -0.479. The number of anilines is 2. The van der Waals surface area contributed by atoms with Gasteiger partial charge in [-0.25, -0.2) is 9.96 Å². The fourth-order valence-corrected chi connectivity index (χ4v) is 4.31. The van der Waals surface area contributed by atoms with Gasteiger partial charge in [-0.1, -0.05) is 48.5 Å². The van der Waals surface area contributed by atoms with E-state index in [0.717, 1.165) is 17.0 Å². The van der Waals surface area contributed by atoms with Gasteiger partial charge in [0.05, 0.1) is 24.0 Å². The first-order valence-corrected chi connectivity index (χ1v) is 10.4. The van der Waals surface area contributed by atoms with Gasteiger partial charge in [-0.2, -0.15) is 0 Å². The van der Waals surface area contributed by atoms with Crippen molar-refractivity contribution in [2.24, 2.45) is 5.92 Å². The molecule has 2 heterocycles. The third kappa shape index (κ3) is 3.25. The lowest BCUT2D eigenvalue weighted by Crippen LogP contribution is -2.37.